The van der Waals surface area contributed by atoms with Gasteiger partial charge >= 0.3 is 0 Å². The molecule has 3 aliphatic rings. The van der Waals surface area contributed by atoms with E-state index in [1.165, 1.54) is 12.8 Å². The first-order valence-electron chi connectivity index (χ1n) is 7.28. The van der Waals surface area contributed by atoms with Crippen LogP contribution in [0.1, 0.15) is 12.8 Å². The van der Waals surface area contributed by atoms with Crippen molar-refractivity contribution in [1.82, 2.24) is 20.4 Å². The van der Waals surface area contributed by atoms with Gasteiger partial charge < -0.3 is 15.1 Å². The second kappa shape index (κ2) is 5.60. The van der Waals surface area contributed by atoms with Crippen molar-refractivity contribution < 1.29 is 4.79 Å². The largest absolute Gasteiger partial charge is 0.339 e. The number of hydrogen-bond donors (Lipinski definition) is 2. The van der Waals surface area contributed by atoms with Gasteiger partial charge in [-0.2, -0.15) is 0 Å². The summed E-state index contributed by atoms with van der Waals surface area (Å²) in [6.45, 7) is 5.86. The molecule has 1 spiro atoms. The predicted molar refractivity (Wildman–Crippen MR) is 78.3 cm³/mol. The van der Waals surface area contributed by atoms with Gasteiger partial charge in [-0.15, -0.1) is 11.8 Å². The van der Waals surface area contributed by atoms with Crippen molar-refractivity contribution in [3.63, 3.8) is 0 Å². The Hall–Kier alpha value is -0.300. The van der Waals surface area contributed by atoms with Gasteiger partial charge in [0.25, 0.3) is 0 Å². The van der Waals surface area contributed by atoms with Crippen LogP contribution in [-0.4, -0.2) is 78.7 Å². The van der Waals surface area contributed by atoms with Crippen LogP contribution in [0.3, 0.4) is 0 Å². The summed E-state index contributed by atoms with van der Waals surface area (Å²) in [5.74, 6) is 1.23. The molecule has 1 amide bonds. The van der Waals surface area contributed by atoms with Crippen LogP contribution >= 0.6 is 11.8 Å². The molecule has 0 aliphatic carbocycles. The molecule has 6 heteroatoms. The van der Waals surface area contributed by atoms with Crippen LogP contribution < -0.4 is 10.6 Å². The van der Waals surface area contributed by atoms with Crippen molar-refractivity contribution in [2.24, 2.45) is 0 Å². The molecule has 2 N–H and O–H groups in total. The second-order valence-corrected chi connectivity index (χ2v) is 7.31. The maximum absolute atomic E-state index is 12.5. The smallest absolute Gasteiger partial charge is 0.240 e. The third kappa shape index (κ3) is 2.91. The number of nitrogens with one attached hydrogen (secondary N) is 2. The number of carbonyl (C=O) groups is 1. The molecule has 19 heavy (non-hydrogen) atoms. The lowest BCUT2D eigenvalue weighted by Gasteiger charge is -2.36. The van der Waals surface area contributed by atoms with Crippen LogP contribution in [0.5, 0.6) is 0 Å². The molecule has 3 aliphatic heterocycles. The summed E-state index contributed by atoms with van der Waals surface area (Å²) in [7, 11) is 2.12. The van der Waals surface area contributed by atoms with Crippen molar-refractivity contribution in [1.29, 1.82) is 0 Å². The lowest BCUT2D eigenvalue weighted by atomic mass is 10.1. The molecule has 0 aromatic rings. The van der Waals surface area contributed by atoms with Gasteiger partial charge in [0.2, 0.25) is 5.91 Å². The fraction of sp³-hybridized carbons (Fsp3) is 0.923. The molecule has 108 valence electrons. The number of piperazine rings is 1. The Labute approximate surface area is 119 Å². The van der Waals surface area contributed by atoms with Gasteiger partial charge in [0.1, 0.15) is 0 Å². The van der Waals surface area contributed by atoms with Crippen molar-refractivity contribution in [2.75, 3.05) is 52.1 Å². The van der Waals surface area contributed by atoms with E-state index < -0.39 is 0 Å². The molecule has 0 aromatic carbocycles. The molecular weight excluding hydrogens is 260 g/mol. The fourth-order valence-corrected chi connectivity index (χ4v) is 4.58. The van der Waals surface area contributed by atoms with Crippen LogP contribution in [0.15, 0.2) is 0 Å². The minimum atomic E-state index is 0.0216. The van der Waals surface area contributed by atoms with Crippen LogP contribution in [0.4, 0.5) is 0 Å². The number of hydrogen-bond acceptors (Lipinski definition) is 5. The molecule has 0 saturated carbocycles. The Morgan fingerprint density at radius 3 is 2.79 bits per heavy atom. The molecule has 5 nitrogen and oxygen atoms in total. The summed E-state index contributed by atoms with van der Waals surface area (Å²) in [5, 5.41) is 7.06. The monoisotopic (exact) mass is 284 g/mol. The predicted octanol–water partition coefficient (Wildman–Crippen LogP) is -0.455. The van der Waals surface area contributed by atoms with Crippen LogP contribution in [-0.2, 0) is 4.79 Å². The third-order valence-electron chi connectivity index (χ3n) is 4.42. The van der Waals surface area contributed by atoms with E-state index in [0.717, 1.165) is 45.0 Å². The molecule has 3 saturated heterocycles. The van der Waals surface area contributed by atoms with Gasteiger partial charge in [0.05, 0.1) is 10.9 Å². The van der Waals surface area contributed by atoms with E-state index in [2.05, 4.69) is 22.6 Å². The topological polar surface area (TPSA) is 47.6 Å². The summed E-state index contributed by atoms with van der Waals surface area (Å²) in [6.07, 6.45) is 2.38. The van der Waals surface area contributed by atoms with E-state index in [1.807, 2.05) is 16.7 Å². The lowest BCUT2D eigenvalue weighted by Crippen LogP contribution is -2.57. The zero-order chi connectivity index (χ0) is 13.3. The van der Waals surface area contributed by atoms with E-state index in [0.29, 0.717) is 5.91 Å². The van der Waals surface area contributed by atoms with E-state index in [1.54, 1.807) is 0 Å². The number of likely N-dealkylation sites (N-methyl/N-ethyl adjacent to an activating group) is 1. The minimum absolute atomic E-state index is 0.0216. The highest BCUT2D eigenvalue weighted by Gasteiger charge is 2.43. The molecule has 3 rings (SSSR count). The minimum Gasteiger partial charge on any atom is -0.339 e. The second-order valence-electron chi connectivity index (χ2n) is 5.91. The SMILES string of the molecule is CN1CCN(C(=O)[C@@H]2CSC3(CCCNC3)N2)CC1. The van der Waals surface area contributed by atoms with E-state index in [-0.39, 0.29) is 10.9 Å². The number of carbonyl (C=O) groups excluding carboxylic acids is 1. The maximum Gasteiger partial charge on any atom is 0.240 e. The zero-order valence-electron chi connectivity index (χ0n) is 11.7. The highest BCUT2D eigenvalue weighted by atomic mass is 32.2. The lowest BCUT2D eigenvalue weighted by molar-refractivity contribution is -0.134. The maximum atomic E-state index is 12.5. The average Bonchev–Trinajstić information content (AvgIpc) is 2.83. The Balaban J connectivity index is 1.56. The summed E-state index contributed by atoms with van der Waals surface area (Å²) < 4.78 is 0. The Morgan fingerprint density at radius 1 is 1.32 bits per heavy atom. The van der Waals surface area contributed by atoms with Crippen molar-refractivity contribution >= 4 is 17.7 Å². The van der Waals surface area contributed by atoms with E-state index >= 15 is 0 Å². The molecule has 2 atom stereocenters. The molecule has 0 bridgehead atoms. The molecule has 3 fully saturated rings. The molecular formula is C13H24N4OS. The standard InChI is InChI=1S/C13H24N4OS/c1-16-5-7-17(8-6-16)12(18)11-9-19-13(15-11)3-2-4-14-10-13/h11,14-15H,2-10H2,1H3/t11-,13?/m0/s1. The number of piperidine rings is 1. The Kier molecular flexibility index (Phi) is 4.03. The summed E-state index contributed by atoms with van der Waals surface area (Å²) in [6, 6.07) is 0.0216. The Morgan fingerprint density at radius 2 is 2.11 bits per heavy atom. The van der Waals surface area contributed by atoms with Crippen molar-refractivity contribution in [2.45, 2.75) is 23.8 Å². The van der Waals surface area contributed by atoms with Crippen LogP contribution in [0, 0.1) is 0 Å². The molecule has 1 unspecified atom stereocenters. The van der Waals surface area contributed by atoms with Gasteiger partial charge in [-0.25, -0.2) is 0 Å². The van der Waals surface area contributed by atoms with Gasteiger partial charge in [0, 0.05) is 38.5 Å². The van der Waals surface area contributed by atoms with Gasteiger partial charge in [-0.3, -0.25) is 10.1 Å². The third-order valence-corrected chi connectivity index (χ3v) is 5.94. The highest BCUT2D eigenvalue weighted by molar-refractivity contribution is 8.01. The number of rotatable bonds is 1. The van der Waals surface area contributed by atoms with Gasteiger partial charge in [-0.05, 0) is 26.4 Å². The molecule has 3 heterocycles. The number of nitrogens with zero attached hydrogens (tertiary/aromatic N) is 2. The highest BCUT2D eigenvalue weighted by Crippen LogP contribution is 2.36. The summed E-state index contributed by atoms with van der Waals surface area (Å²) >= 11 is 1.94. The number of amides is 1. The molecule has 0 aromatic heterocycles. The average molecular weight is 284 g/mol. The number of thioether (sulfide) groups is 1. The summed E-state index contributed by atoms with van der Waals surface area (Å²) in [4.78, 5) is 17.0. The first-order chi connectivity index (χ1) is 9.19. The quantitative estimate of drug-likeness (QED) is 0.683. The van der Waals surface area contributed by atoms with E-state index in [4.69, 9.17) is 0 Å². The first kappa shape index (κ1) is 13.7. The van der Waals surface area contributed by atoms with Crippen LogP contribution in [0.25, 0.3) is 0 Å². The zero-order valence-corrected chi connectivity index (χ0v) is 12.5. The Bertz CT molecular complexity index is 338. The summed E-state index contributed by atoms with van der Waals surface area (Å²) in [5.41, 5.74) is 0. The van der Waals surface area contributed by atoms with Crippen molar-refractivity contribution in [3.8, 4) is 0 Å². The van der Waals surface area contributed by atoms with Crippen LogP contribution in [0.2, 0.25) is 0 Å². The normalized spacial score (nSPS) is 36.9. The van der Waals surface area contributed by atoms with Gasteiger partial charge in [0.15, 0.2) is 0 Å². The van der Waals surface area contributed by atoms with E-state index in [9.17, 15) is 4.79 Å². The molecule has 0 radical (unpaired) electrons. The van der Waals surface area contributed by atoms with Gasteiger partial charge in [-0.1, -0.05) is 0 Å². The van der Waals surface area contributed by atoms with Crippen molar-refractivity contribution in [3.05, 3.63) is 0 Å². The first-order valence-corrected chi connectivity index (χ1v) is 8.27. The fourth-order valence-electron chi connectivity index (χ4n) is 3.15.